The first-order chi connectivity index (χ1) is 19.5. The quantitative estimate of drug-likeness (QED) is 0.283. The second kappa shape index (κ2) is 9.56. The molecule has 0 radical (unpaired) electrons. The van der Waals surface area contributed by atoms with E-state index in [4.69, 9.17) is 32.9 Å². The molecule has 1 aromatic carbocycles. The number of halogens is 2. The molecule has 41 heavy (non-hydrogen) atoms. The first-order valence-electron chi connectivity index (χ1n) is 13.3. The van der Waals surface area contributed by atoms with Crippen molar-refractivity contribution in [2.24, 2.45) is 0 Å². The molecule has 9 nitrogen and oxygen atoms in total. The number of pyridine rings is 2. The van der Waals surface area contributed by atoms with Crippen LogP contribution in [0.1, 0.15) is 72.8 Å². The highest BCUT2D eigenvalue weighted by Crippen LogP contribution is 2.55. The SMILES string of the molecule is COc1cc(C(C)C)ncc1-c1nc2c(n1C(C)C)[C@]1(C(=O)Nc3cc(Cl)ccc31)N(c1cc(Cl)cnc1C)C2=O. The molecule has 0 saturated carbocycles. The lowest BCUT2D eigenvalue weighted by molar-refractivity contribution is -0.119. The highest BCUT2D eigenvalue weighted by atomic mass is 35.5. The van der Waals surface area contributed by atoms with Crippen molar-refractivity contribution in [1.82, 2.24) is 19.5 Å². The Hall–Kier alpha value is -3.95. The number of methoxy groups -OCH3 is 1. The molecule has 0 bridgehead atoms. The van der Waals surface area contributed by atoms with Crippen LogP contribution in [0.5, 0.6) is 5.75 Å². The summed E-state index contributed by atoms with van der Waals surface area (Å²) in [7, 11) is 1.59. The average Bonchev–Trinajstić information content (AvgIpc) is 3.53. The van der Waals surface area contributed by atoms with E-state index in [1.807, 2.05) is 24.5 Å². The summed E-state index contributed by atoms with van der Waals surface area (Å²) in [4.78, 5) is 44.2. The van der Waals surface area contributed by atoms with Crippen LogP contribution in [0.4, 0.5) is 11.4 Å². The second-order valence-corrected chi connectivity index (χ2v) is 11.7. The van der Waals surface area contributed by atoms with Gasteiger partial charge in [0.15, 0.2) is 11.2 Å². The number of benzene rings is 1. The first kappa shape index (κ1) is 27.2. The molecule has 210 valence electrons. The van der Waals surface area contributed by atoms with Crippen molar-refractivity contribution in [2.75, 3.05) is 17.3 Å². The number of fused-ring (bicyclic) bond motifs is 4. The summed E-state index contributed by atoms with van der Waals surface area (Å²) in [6.07, 6.45) is 3.22. The van der Waals surface area contributed by atoms with Crippen LogP contribution in [0.25, 0.3) is 11.4 Å². The number of carbonyl (C=O) groups excluding carboxylic acids is 2. The van der Waals surface area contributed by atoms with Gasteiger partial charge < -0.3 is 14.6 Å². The molecule has 0 unspecified atom stereocenters. The number of rotatable bonds is 5. The van der Waals surface area contributed by atoms with Crippen molar-refractivity contribution in [3.63, 3.8) is 0 Å². The highest BCUT2D eigenvalue weighted by molar-refractivity contribution is 6.32. The van der Waals surface area contributed by atoms with Gasteiger partial charge >= 0.3 is 0 Å². The minimum Gasteiger partial charge on any atom is -0.496 e. The normalized spacial score (nSPS) is 17.6. The van der Waals surface area contributed by atoms with Crippen LogP contribution in [0, 0.1) is 6.92 Å². The van der Waals surface area contributed by atoms with Crippen LogP contribution in [0.15, 0.2) is 42.7 Å². The summed E-state index contributed by atoms with van der Waals surface area (Å²) in [6, 6.07) is 8.49. The number of hydrogen-bond donors (Lipinski definition) is 1. The summed E-state index contributed by atoms with van der Waals surface area (Å²) in [5.74, 6) is 0.386. The third-order valence-electron chi connectivity index (χ3n) is 7.67. The Morgan fingerprint density at radius 1 is 1.00 bits per heavy atom. The average molecular weight is 591 g/mol. The van der Waals surface area contributed by atoms with E-state index in [0.29, 0.717) is 55.5 Å². The van der Waals surface area contributed by atoms with Crippen molar-refractivity contribution >= 4 is 46.4 Å². The molecular weight excluding hydrogens is 563 g/mol. The van der Waals surface area contributed by atoms with Gasteiger partial charge in [0.2, 0.25) is 0 Å². The highest BCUT2D eigenvalue weighted by Gasteiger charge is 2.64. The van der Waals surface area contributed by atoms with E-state index in [1.165, 1.54) is 11.1 Å². The zero-order chi connectivity index (χ0) is 29.4. The molecular formula is C30H28Cl2N6O3. The summed E-state index contributed by atoms with van der Waals surface area (Å²) >= 11 is 12.7. The Labute approximate surface area is 247 Å². The van der Waals surface area contributed by atoms with Crippen LogP contribution in [-0.4, -0.2) is 38.4 Å². The maximum absolute atomic E-state index is 14.5. The minimum atomic E-state index is -1.60. The molecule has 6 rings (SSSR count). The minimum absolute atomic E-state index is 0.154. The first-order valence-corrected chi connectivity index (χ1v) is 14.0. The van der Waals surface area contributed by atoms with Gasteiger partial charge in [-0.1, -0.05) is 43.1 Å². The topological polar surface area (TPSA) is 102 Å². The molecule has 2 aliphatic heterocycles. The molecule has 2 amide bonds. The zero-order valence-electron chi connectivity index (χ0n) is 23.4. The van der Waals surface area contributed by atoms with Gasteiger partial charge in [-0.25, -0.2) is 4.98 Å². The monoisotopic (exact) mass is 590 g/mol. The van der Waals surface area contributed by atoms with Crippen LogP contribution < -0.4 is 15.0 Å². The number of anilines is 2. The van der Waals surface area contributed by atoms with Gasteiger partial charge in [-0.05, 0) is 44.9 Å². The number of aromatic nitrogens is 4. The molecule has 0 aliphatic carbocycles. The number of hydrogen-bond acceptors (Lipinski definition) is 6. The molecule has 5 heterocycles. The van der Waals surface area contributed by atoms with Gasteiger partial charge in [-0.3, -0.25) is 24.5 Å². The van der Waals surface area contributed by atoms with E-state index >= 15 is 0 Å². The molecule has 2 aliphatic rings. The maximum Gasteiger partial charge on any atom is 0.280 e. The van der Waals surface area contributed by atoms with Crippen molar-refractivity contribution < 1.29 is 14.3 Å². The zero-order valence-corrected chi connectivity index (χ0v) is 24.9. The van der Waals surface area contributed by atoms with Gasteiger partial charge in [-0.15, -0.1) is 0 Å². The van der Waals surface area contributed by atoms with Gasteiger partial charge in [0.05, 0.1) is 34.8 Å². The lowest BCUT2D eigenvalue weighted by atomic mass is 9.87. The largest absolute Gasteiger partial charge is 0.496 e. The predicted molar refractivity (Wildman–Crippen MR) is 158 cm³/mol. The maximum atomic E-state index is 14.5. The fourth-order valence-electron chi connectivity index (χ4n) is 5.83. The Bertz CT molecular complexity index is 1770. The molecule has 1 atom stereocenters. The van der Waals surface area contributed by atoms with Crippen molar-refractivity contribution in [3.05, 3.63) is 81.1 Å². The van der Waals surface area contributed by atoms with Crippen molar-refractivity contribution in [3.8, 4) is 17.1 Å². The molecule has 3 aromatic heterocycles. The van der Waals surface area contributed by atoms with Crippen LogP contribution in [-0.2, 0) is 10.3 Å². The van der Waals surface area contributed by atoms with Crippen molar-refractivity contribution in [1.29, 1.82) is 0 Å². The van der Waals surface area contributed by atoms with E-state index in [1.54, 1.807) is 44.5 Å². The number of carbonyl (C=O) groups is 2. The number of aryl methyl sites for hydroxylation is 1. The standard InChI is InChI=1S/C30H28Cl2N6O3/c1-14(2)21-11-24(41-6)19(13-34-21)27-36-25-26(37(27)15(3)4)30(20-8-7-17(31)9-22(20)35-29(30)40)38(28(25)39)23-10-18(32)12-33-16(23)5/h7-15H,1-6H3,(H,35,40)/t30-/m1/s1. The van der Waals surface area contributed by atoms with E-state index in [-0.39, 0.29) is 17.7 Å². The number of nitrogens with zero attached hydrogens (tertiary/aromatic N) is 5. The third-order valence-corrected chi connectivity index (χ3v) is 8.11. The van der Waals surface area contributed by atoms with Gasteiger partial charge in [-0.2, -0.15) is 0 Å². The molecule has 4 aromatic rings. The number of ether oxygens (including phenoxy) is 1. The predicted octanol–water partition coefficient (Wildman–Crippen LogP) is 6.52. The lowest BCUT2D eigenvalue weighted by Crippen LogP contribution is -2.51. The Morgan fingerprint density at radius 3 is 2.44 bits per heavy atom. The summed E-state index contributed by atoms with van der Waals surface area (Å²) in [5, 5.41) is 3.77. The number of amides is 2. The third kappa shape index (κ3) is 3.79. The van der Waals surface area contributed by atoms with E-state index in [2.05, 4.69) is 29.1 Å². The Kier molecular flexibility index (Phi) is 6.35. The van der Waals surface area contributed by atoms with E-state index < -0.39 is 17.4 Å². The smallest absolute Gasteiger partial charge is 0.280 e. The molecule has 0 saturated heterocycles. The van der Waals surface area contributed by atoms with E-state index in [0.717, 1.165) is 5.69 Å². The van der Waals surface area contributed by atoms with E-state index in [9.17, 15) is 9.59 Å². The summed E-state index contributed by atoms with van der Waals surface area (Å²) in [5.41, 5.74) is 2.52. The Balaban J connectivity index is 1.72. The fourth-order valence-corrected chi connectivity index (χ4v) is 6.15. The van der Waals surface area contributed by atoms with Crippen molar-refractivity contribution in [2.45, 2.75) is 52.1 Å². The number of nitrogens with one attached hydrogen (secondary N) is 1. The van der Waals surface area contributed by atoms with Crippen LogP contribution in [0.2, 0.25) is 10.0 Å². The van der Waals surface area contributed by atoms with Gasteiger partial charge in [0.1, 0.15) is 11.6 Å². The molecule has 1 spiro atoms. The van der Waals surface area contributed by atoms with Gasteiger partial charge in [0, 0.05) is 46.5 Å². The number of imidazole rings is 1. The second-order valence-electron chi connectivity index (χ2n) is 10.8. The van der Waals surface area contributed by atoms with Crippen LogP contribution >= 0.6 is 23.2 Å². The van der Waals surface area contributed by atoms with Crippen LogP contribution in [0.3, 0.4) is 0 Å². The lowest BCUT2D eigenvalue weighted by Gasteiger charge is -2.36. The summed E-state index contributed by atoms with van der Waals surface area (Å²) < 4.78 is 7.70. The molecule has 1 N–H and O–H groups in total. The molecule has 11 heteroatoms. The molecule has 0 fully saturated rings. The summed E-state index contributed by atoms with van der Waals surface area (Å²) in [6.45, 7) is 9.84. The Morgan fingerprint density at radius 2 is 1.76 bits per heavy atom. The van der Waals surface area contributed by atoms with Gasteiger partial charge in [0.25, 0.3) is 11.8 Å². The fraction of sp³-hybridized carbons (Fsp3) is 0.300.